The number of carbonyl (C=O) groups is 1. The Morgan fingerprint density at radius 2 is 1.76 bits per heavy atom. The summed E-state index contributed by atoms with van der Waals surface area (Å²) in [6.45, 7) is 6.07. The summed E-state index contributed by atoms with van der Waals surface area (Å²) in [5, 5.41) is 15.8. The second-order valence-corrected chi connectivity index (χ2v) is 7.26. The molecule has 1 amide bonds. The third-order valence-electron chi connectivity index (χ3n) is 5.50. The fourth-order valence-electron chi connectivity index (χ4n) is 3.98. The lowest BCUT2D eigenvalue weighted by atomic mass is 9.98. The molecule has 0 spiro atoms. The Morgan fingerprint density at radius 1 is 1.00 bits per heavy atom. The normalized spacial score (nSPS) is 14.6. The van der Waals surface area contributed by atoms with Crippen LogP contribution in [0.3, 0.4) is 0 Å². The van der Waals surface area contributed by atoms with Gasteiger partial charge in [-0.1, -0.05) is 42.5 Å². The van der Waals surface area contributed by atoms with E-state index in [1.165, 1.54) is 0 Å². The van der Waals surface area contributed by atoms with Crippen LogP contribution in [0.5, 0.6) is 0 Å². The number of aryl methyl sites for hydroxylation is 2. The molecule has 1 aliphatic heterocycles. The average Bonchev–Trinajstić information content (AvgIpc) is 3.10. The molecule has 0 N–H and O–H groups in total. The molecule has 4 aromatic rings. The molecule has 0 unspecified atom stereocenters. The summed E-state index contributed by atoms with van der Waals surface area (Å²) in [5.41, 5.74) is 4.57. The van der Waals surface area contributed by atoms with Crippen molar-refractivity contribution in [3.05, 3.63) is 59.5 Å². The zero-order valence-corrected chi connectivity index (χ0v) is 16.4. The van der Waals surface area contributed by atoms with Crippen molar-refractivity contribution in [1.82, 2.24) is 24.7 Å². The van der Waals surface area contributed by atoms with E-state index in [2.05, 4.69) is 34.5 Å². The largest absolute Gasteiger partial charge is 0.378 e. The van der Waals surface area contributed by atoms with Gasteiger partial charge in [-0.15, -0.1) is 10.2 Å². The van der Waals surface area contributed by atoms with Crippen molar-refractivity contribution in [2.45, 2.75) is 13.8 Å². The van der Waals surface area contributed by atoms with Crippen molar-refractivity contribution in [2.24, 2.45) is 0 Å². The number of rotatable bonds is 2. The van der Waals surface area contributed by atoms with Gasteiger partial charge in [0.25, 0.3) is 5.91 Å². The first-order valence-corrected chi connectivity index (χ1v) is 9.73. The van der Waals surface area contributed by atoms with E-state index in [9.17, 15) is 4.79 Å². The maximum atomic E-state index is 12.9. The lowest BCUT2D eigenvalue weighted by molar-refractivity contribution is 0.0297. The molecule has 0 saturated carbocycles. The summed E-state index contributed by atoms with van der Waals surface area (Å²) in [6, 6.07) is 14.5. The summed E-state index contributed by atoms with van der Waals surface area (Å²) < 4.78 is 7.09. The number of aromatic nitrogens is 4. The summed E-state index contributed by atoms with van der Waals surface area (Å²) in [7, 11) is 0. The third-order valence-corrected chi connectivity index (χ3v) is 5.50. The van der Waals surface area contributed by atoms with Crippen LogP contribution in [0.15, 0.2) is 42.5 Å². The van der Waals surface area contributed by atoms with Crippen LogP contribution < -0.4 is 0 Å². The fourth-order valence-corrected chi connectivity index (χ4v) is 3.98. The minimum Gasteiger partial charge on any atom is -0.378 e. The number of morpholine rings is 1. The molecule has 2 aromatic carbocycles. The van der Waals surface area contributed by atoms with Gasteiger partial charge in [-0.3, -0.25) is 4.79 Å². The SMILES string of the molecule is Cc1nn2c(C)c(C(=O)N3CCOCC3)nnc2c1-c1cccc2ccccc12. The number of benzene rings is 2. The quantitative estimate of drug-likeness (QED) is 0.529. The van der Waals surface area contributed by atoms with Gasteiger partial charge in [0, 0.05) is 13.1 Å². The molecule has 1 aliphatic rings. The van der Waals surface area contributed by atoms with Crippen LogP contribution in [0.2, 0.25) is 0 Å². The first-order valence-electron chi connectivity index (χ1n) is 9.73. The molecule has 0 atom stereocenters. The zero-order chi connectivity index (χ0) is 20.0. The molecule has 3 heterocycles. The molecule has 0 bridgehead atoms. The smallest absolute Gasteiger partial charge is 0.276 e. The monoisotopic (exact) mass is 387 g/mol. The standard InChI is InChI=1S/C22H21N5O2/c1-14-19(18-9-5-7-16-6-3-4-8-17(16)18)21-24-23-20(15(2)27(21)25-14)22(28)26-10-12-29-13-11-26/h3-9H,10-13H2,1-2H3. The van der Waals surface area contributed by atoms with Crippen LogP contribution in [0.4, 0.5) is 0 Å². The lowest BCUT2D eigenvalue weighted by Gasteiger charge is -2.26. The van der Waals surface area contributed by atoms with E-state index in [-0.39, 0.29) is 5.91 Å². The Morgan fingerprint density at radius 3 is 2.59 bits per heavy atom. The molecule has 1 fully saturated rings. The predicted octanol–water partition coefficient (Wildman–Crippen LogP) is 3.03. The number of nitrogens with zero attached hydrogens (tertiary/aromatic N) is 5. The highest BCUT2D eigenvalue weighted by Gasteiger charge is 2.25. The van der Waals surface area contributed by atoms with Crippen LogP contribution in [0, 0.1) is 13.8 Å². The van der Waals surface area contributed by atoms with Gasteiger partial charge in [-0.25, -0.2) is 4.52 Å². The van der Waals surface area contributed by atoms with Gasteiger partial charge in [-0.05, 0) is 30.2 Å². The van der Waals surface area contributed by atoms with E-state index in [4.69, 9.17) is 9.84 Å². The van der Waals surface area contributed by atoms with Gasteiger partial charge in [0.2, 0.25) is 0 Å². The van der Waals surface area contributed by atoms with Crippen molar-refractivity contribution in [3.63, 3.8) is 0 Å². The highest BCUT2D eigenvalue weighted by Crippen LogP contribution is 2.33. The van der Waals surface area contributed by atoms with Crippen LogP contribution in [0.1, 0.15) is 21.9 Å². The molecule has 1 saturated heterocycles. The molecule has 146 valence electrons. The molecule has 7 heteroatoms. The number of carbonyl (C=O) groups excluding carboxylic acids is 1. The molecule has 0 radical (unpaired) electrons. The van der Waals surface area contributed by atoms with Crippen LogP contribution in [0.25, 0.3) is 27.5 Å². The number of ether oxygens (including phenoxy) is 1. The van der Waals surface area contributed by atoms with Gasteiger partial charge in [-0.2, -0.15) is 5.10 Å². The van der Waals surface area contributed by atoms with Gasteiger partial charge >= 0.3 is 0 Å². The maximum Gasteiger partial charge on any atom is 0.276 e. The van der Waals surface area contributed by atoms with Gasteiger partial charge in [0.1, 0.15) is 0 Å². The highest BCUT2D eigenvalue weighted by atomic mass is 16.5. The fraction of sp³-hybridized carbons (Fsp3) is 0.273. The summed E-state index contributed by atoms with van der Waals surface area (Å²) in [6.07, 6.45) is 0. The predicted molar refractivity (Wildman–Crippen MR) is 110 cm³/mol. The average molecular weight is 387 g/mol. The summed E-state index contributed by atoms with van der Waals surface area (Å²) >= 11 is 0. The molecule has 2 aromatic heterocycles. The van der Waals surface area contributed by atoms with E-state index in [0.29, 0.717) is 43.3 Å². The molecule has 29 heavy (non-hydrogen) atoms. The van der Waals surface area contributed by atoms with Crippen molar-refractivity contribution in [3.8, 4) is 11.1 Å². The van der Waals surface area contributed by atoms with E-state index < -0.39 is 0 Å². The number of amides is 1. The Kier molecular flexibility index (Phi) is 4.24. The van der Waals surface area contributed by atoms with Crippen molar-refractivity contribution in [1.29, 1.82) is 0 Å². The van der Waals surface area contributed by atoms with Crippen molar-refractivity contribution < 1.29 is 9.53 Å². The van der Waals surface area contributed by atoms with Crippen LogP contribution in [-0.2, 0) is 4.74 Å². The topological polar surface area (TPSA) is 72.6 Å². The summed E-state index contributed by atoms with van der Waals surface area (Å²) in [4.78, 5) is 14.7. The third kappa shape index (κ3) is 2.86. The van der Waals surface area contributed by atoms with Crippen LogP contribution >= 0.6 is 0 Å². The van der Waals surface area contributed by atoms with Gasteiger partial charge in [0.05, 0.1) is 30.2 Å². The first kappa shape index (κ1) is 17.8. The van der Waals surface area contributed by atoms with Gasteiger partial charge in [0.15, 0.2) is 11.3 Å². The molecule has 5 rings (SSSR count). The Bertz CT molecular complexity index is 1240. The van der Waals surface area contributed by atoms with E-state index in [0.717, 1.165) is 27.6 Å². The zero-order valence-electron chi connectivity index (χ0n) is 16.4. The lowest BCUT2D eigenvalue weighted by Crippen LogP contribution is -2.41. The summed E-state index contributed by atoms with van der Waals surface area (Å²) in [5.74, 6) is -0.125. The maximum absolute atomic E-state index is 12.9. The van der Waals surface area contributed by atoms with E-state index in [1.807, 2.05) is 32.0 Å². The van der Waals surface area contributed by atoms with Gasteiger partial charge < -0.3 is 9.64 Å². The van der Waals surface area contributed by atoms with Crippen LogP contribution in [-0.4, -0.2) is 56.9 Å². The number of hydrogen-bond donors (Lipinski definition) is 0. The van der Waals surface area contributed by atoms with Crippen molar-refractivity contribution >= 4 is 22.3 Å². The molecule has 0 aliphatic carbocycles. The molecular weight excluding hydrogens is 366 g/mol. The van der Waals surface area contributed by atoms with E-state index >= 15 is 0 Å². The number of hydrogen-bond acceptors (Lipinski definition) is 5. The molecule has 7 nitrogen and oxygen atoms in total. The second-order valence-electron chi connectivity index (χ2n) is 7.26. The second kappa shape index (κ2) is 6.93. The highest BCUT2D eigenvalue weighted by molar-refractivity contribution is 6.00. The Balaban J connectivity index is 1.66. The first-order chi connectivity index (χ1) is 14.1. The minimum atomic E-state index is -0.125. The van der Waals surface area contributed by atoms with Crippen molar-refractivity contribution in [2.75, 3.05) is 26.3 Å². The van der Waals surface area contributed by atoms with E-state index in [1.54, 1.807) is 9.42 Å². The Hall–Kier alpha value is -3.32. The number of fused-ring (bicyclic) bond motifs is 2. The Labute approximate surface area is 167 Å². The minimum absolute atomic E-state index is 0.125. The molecular formula is C22H21N5O2.